The van der Waals surface area contributed by atoms with Crippen molar-refractivity contribution >= 4 is 11.9 Å². The Balaban J connectivity index is 2.31. The predicted molar refractivity (Wildman–Crippen MR) is 81.8 cm³/mol. The van der Waals surface area contributed by atoms with Crippen LogP contribution in [0.4, 0.5) is 8.78 Å². The molecule has 2 rings (SSSR count). The predicted octanol–water partition coefficient (Wildman–Crippen LogP) is 3.48. The van der Waals surface area contributed by atoms with Crippen LogP contribution < -0.4 is 0 Å². The molecule has 128 valence electrons. The molecule has 5 nitrogen and oxygen atoms in total. The van der Waals surface area contributed by atoms with Gasteiger partial charge >= 0.3 is 5.97 Å². The summed E-state index contributed by atoms with van der Waals surface area (Å²) in [5, 5.41) is 9.11. The van der Waals surface area contributed by atoms with Crippen LogP contribution in [0.25, 0.3) is 0 Å². The Hall–Kier alpha value is -2.70. The topological polar surface area (TPSA) is 70.8 Å². The number of benzene rings is 1. The van der Waals surface area contributed by atoms with Gasteiger partial charge in [0.25, 0.3) is 5.91 Å². The van der Waals surface area contributed by atoms with E-state index in [1.54, 1.807) is 13.8 Å². The zero-order valence-corrected chi connectivity index (χ0v) is 13.3. The molecule has 0 aliphatic rings. The Labute approximate surface area is 137 Å². The number of carbonyl (C=O) groups excluding carboxylic acids is 1. The standard InChI is InChI=1S/C17H17F2NO4/c1-3-14-10(17(22)23)8-15(24-14)16(21)20(4-2)9-11-12(18)6-5-7-13(11)19/h5-8H,3-4,9H2,1-2H3,(H,22,23). The van der Waals surface area contributed by atoms with Gasteiger partial charge in [-0.05, 0) is 19.1 Å². The van der Waals surface area contributed by atoms with Gasteiger partial charge in [-0.2, -0.15) is 0 Å². The molecule has 0 fully saturated rings. The van der Waals surface area contributed by atoms with E-state index in [1.165, 1.54) is 11.0 Å². The highest BCUT2D eigenvalue weighted by Crippen LogP contribution is 2.20. The Morgan fingerprint density at radius 2 is 1.83 bits per heavy atom. The van der Waals surface area contributed by atoms with E-state index in [-0.39, 0.29) is 35.7 Å². The van der Waals surface area contributed by atoms with Gasteiger partial charge in [0.1, 0.15) is 23.0 Å². The number of rotatable bonds is 6. The molecule has 1 heterocycles. The highest BCUT2D eigenvalue weighted by molar-refractivity contribution is 5.96. The maximum atomic E-state index is 13.8. The van der Waals surface area contributed by atoms with Gasteiger partial charge in [0.05, 0.1) is 6.54 Å². The third kappa shape index (κ3) is 3.45. The number of furan rings is 1. The molecule has 1 aromatic heterocycles. The lowest BCUT2D eigenvalue weighted by Gasteiger charge is -2.20. The van der Waals surface area contributed by atoms with Gasteiger partial charge in [0, 0.05) is 24.6 Å². The first-order valence-corrected chi connectivity index (χ1v) is 7.47. The molecule has 0 radical (unpaired) electrons. The van der Waals surface area contributed by atoms with Crippen LogP contribution in [0.2, 0.25) is 0 Å². The van der Waals surface area contributed by atoms with Crippen molar-refractivity contribution in [3.8, 4) is 0 Å². The van der Waals surface area contributed by atoms with Crippen LogP contribution in [0.5, 0.6) is 0 Å². The number of hydrogen-bond acceptors (Lipinski definition) is 3. The van der Waals surface area contributed by atoms with Crippen molar-refractivity contribution in [1.82, 2.24) is 4.90 Å². The summed E-state index contributed by atoms with van der Waals surface area (Å²) < 4.78 is 32.8. The van der Waals surface area contributed by atoms with E-state index in [9.17, 15) is 18.4 Å². The minimum Gasteiger partial charge on any atom is -0.478 e. The van der Waals surface area contributed by atoms with Crippen LogP contribution in [0.3, 0.4) is 0 Å². The van der Waals surface area contributed by atoms with Crippen LogP contribution in [-0.2, 0) is 13.0 Å². The van der Waals surface area contributed by atoms with Crippen molar-refractivity contribution in [3.63, 3.8) is 0 Å². The number of carboxylic acid groups (broad SMARTS) is 1. The van der Waals surface area contributed by atoms with Crippen molar-refractivity contribution in [2.75, 3.05) is 6.54 Å². The van der Waals surface area contributed by atoms with E-state index in [2.05, 4.69) is 0 Å². The first-order chi connectivity index (χ1) is 11.4. The molecule has 7 heteroatoms. The summed E-state index contributed by atoms with van der Waals surface area (Å²) in [5.41, 5.74) is -0.317. The summed E-state index contributed by atoms with van der Waals surface area (Å²) in [4.78, 5) is 24.8. The number of aromatic carboxylic acids is 1. The van der Waals surface area contributed by atoms with Gasteiger partial charge in [-0.3, -0.25) is 4.79 Å². The third-order valence-corrected chi connectivity index (χ3v) is 3.65. The SMILES string of the molecule is CCc1oc(C(=O)N(CC)Cc2c(F)cccc2F)cc1C(=O)O. The van der Waals surface area contributed by atoms with Gasteiger partial charge in [-0.25, -0.2) is 13.6 Å². The van der Waals surface area contributed by atoms with Crippen LogP contribution in [-0.4, -0.2) is 28.4 Å². The molecule has 0 bridgehead atoms. The quantitative estimate of drug-likeness (QED) is 0.876. The lowest BCUT2D eigenvalue weighted by atomic mass is 10.1. The second-order valence-electron chi connectivity index (χ2n) is 5.13. The maximum Gasteiger partial charge on any atom is 0.339 e. The number of halogens is 2. The van der Waals surface area contributed by atoms with E-state index < -0.39 is 23.5 Å². The summed E-state index contributed by atoms with van der Waals surface area (Å²) in [7, 11) is 0. The largest absolute Gasteiger partial charge is 0.478 e. The van der Waals surface area contributed by atoms with Crippen molar-refractivity contribution in [2.24, 2.45) is 0 Å². The van der Waals surface area contributed by atoms with E-state index in [4.69, 9.17) is 9.52 Å². The zero-order valence-electron chi connectivity index (χ0n) is 13.3. The molecule has 24 heavy (non-hydrogen) atoms. The maximum absolute atomic E-state index is 13.8. The lowest BCUT2D eigenvalue weighted by Crippen LogP contribution is -2.30. The second-order valence-corrected chi connectivity index (χ2v) is 5.13. The number of amides is 1. The van der Waals surface area contributed by atoms with Crippen molar-refractivity contribution in [2.45, 2.75) is 26.8 Å². The molecular formula is C17H17F2NO4. The third-order valence-electron chi connectivity index (χ3n) is 3.65. The molecule has 0 atom stereocenters. The molecule has 0 saturated heterocycles. The summed E-state index contributed by atoms with van der Waals surface area (Å²) in [6.45, 7) is 3.25. The van der Waals surface area contributed by atoms with Crippen LogP contribution in [0.15, 0.2) is 28.7 Å². The van der Waals surface area contributed by atoms with Gasteiger partial charge in [0.2, 0.25) is 0 Å². The number of nitrogens with zero attached hydrogens (tertiary/aromatic N) is 1. The van der Waals surface area contributed by atoms with Gasteiger partial charge in [-0.1, -0.05) is 13.0 Å². The fourth-order valence-corrected chi connectivity index (χ4v) is 2.34. The smallest absolute Gasteiger partial charge is 0.339 e. The highest BCUT2D eigenvalue weighted by atomic mass is 19.1. The van der Waals surface area contributed by atoms with Crippen molar-refractivity contribution in [1.29, 1.82) is 0 Å². The molecule has 1 amide bonds. The van der Waals surface area contributed by atoms with Crippen molar-refractivity contribution < 1.29 is 27.9 Å². The number of carbonyl (C=O) groups is 2. The van der Waals surface area contributed by atoms with Gasteiger partial charge in [0.15, 0.2) is 5.76 Å². The fourth-order valence-electron chi connectivity index (χ4n) is 2.34. The highest BCUT2D eigenvalue weighted by Gasteiger charge is 2.24. The molecular weight excluding hydrogens is 320 g/mol. The molecule has 0 spiro atoms. The number of hydrogen-bond donors (Lipinski definition) is 1. The summed E-state index contributed by atoms with van der Waals surface area (Å²) in [6, 6.07) is 4.61. The summed E-state index contributed by atoms with van der Waals surface area (Å²) in [6.07, 6.45) is 0.309. The Morgan fingerprint density at radius 3 is 2.29 bits per heavy atom. The minimum atomic E-state index is -1.20. The van der Waals surface area contributed by atoms with Gasteiger partial charge < -0.3 is 14.4 Å². The first-order valence-electron chi connectivity index (χ1n) is 7.47. The molecule has 0 aliphatic heterocycles. The molecule has 0 unspecified atom stereocenters. The summed E-state index contributed by atoms with van der Waals surface area (Å²) >= 11 is 0. The number of aryl methyl sites for hydroxylation is 1. The van der Waals surface area contributed by atoms with Crippen LogP contribution in [0, 0.1) is 11.6 Å². The lowest BCUT2D eigenvalue weighted by molar-refractivity contribution is 0.0690. The molecule has 0 saturated carbocycles. The Bertz CT molecular complexity index is 750. The van der Waals surface area contributed by atoms with Gasteiger partial charge in [-0.15, -0.1) is 0 Å². The van der Waals surface area contributed by atoms with Crippen LogP contribution >= 0.6 is 0 Å². The van der Waals surface area contributed by atoms with E-state index >= 15 is 0 Å². The molecule has 0 aliphatic carbocycles. The van der Waals surface area contributed by atoms with E-state index in [0.717, 1.165) is 18.2 Å². The molecule has 1 aromatic carbocycles. The van der Waals surface area contributed by atoms with E-state index in [0.29, 0.717) is 6.42 Å². The fraction of sp³-hybridized carbons (Fsp3) is 0.294. The Kier molecular flexibility index (Phi) is 5.33. The monoisotopic (exact) mass is 337 g/mol. The first kappa shape index (κ1) is 17.7. The minimum absolute atomic E-state index is 0.0889. The zero-order chi connectivity index (χ0) is 17.9. The van der Waals surface area contributed by atoms with E-state index in [1.807, 2.05) is 0 Å². The summed E-state index contributed by atoms with van der Waals surface area (Å²) in [5.74, 6) is -3.30. The van der Waals surface area contributed by atoms with Crippen LogP contribution in [0.1, 0.15) is 46.1 Å². The molecule has 2 aromatic rings. The van der Waals surface area contributed by atoms with Crippen molar-refractivity contribution in [3.05, 3.63) is 58.5 Å². The second kappa shape index (κ2) is 7.25. The average Bonchev–Trinajstić information content (AvgIpc) is 2.99. The molecule has 1 N–H and O–H groups in total. The Morgan fingerprint density at radius 1 is 1.21 bits per heavy atom. The number of carboxylic acids is 1. The normalized spacial score (nSPS) is 10.7. The average molecular weight is 337 g/mol.